The molecule has 7 nitrogen and oxygen atoms in total. The van der Waals surface area contributed by atoms with E-state index in [9.17, 15) is 31.2 Å². The van der Waals surface area contributed by atoms with Crippen LogP contribution in [0.1, 0.15) is 27.2 Å². The molecule has 0 aromatic heterocycles. The van der Waals surface area contributed by atoms with E-state index < -0.39 is 62.9 Å². The van der Waals surface area contributed by atoms with Gasteiger partial charge in [0.15, 0.2) is 0 Å². The maximum absolute atomic E-state index is 12.8. The topological polar surface area (TPSA) is 107 Å². The molecule has 0 aromatic rings. The lowest BCUT2D eigenvalue weighted by atomic mass is 9.70. The first kappa shape index (κ1) is 19.0. The maximum atomic E-state index is 12.8. The third-order valence-corrected chi connectivity index (χ3v) is 5.82. The highest BCUT2D eigenvalue weighted by atomic mass is 32.2. The second-order valence-corrected chi connectivity index (χ2v) is 8.40. The number of ether oxygens (including phenoxy) is 2. The van der Waals surface area contributed by atoms with Crippen molar-refractivity contribution in [3.8, 4) is 0 Å². The summed E-state index contributed by atoms with van der Waals surface area (Å²) in [6.07, 6.45) is -9.18. The van der Waals surface area contributed by atoms with Gasteiger partial charge in [0.2, 0.25) is 6.10 Å². The largest absolute Gasteiger partial charge is 0.460 e. The predicted molar refractivity (Wildman–Crippen MR) is 72.2 cm³/mol. The minimum Gasteiger partial charge on any atom is -0.460 e. The minimum atomic E-state index is -5.17. The molecule has 2 bridgehead atoms. The van der Waals surface area contributed by atoms with Crippen molar-refractivity contribution in [2.24, 2.45) is 16.7 Å². The molecule has 2 rings (SSSR count). The summed E-state index contributed by atoms with van der Waals surface area (Å²) >= 11 is 0. The number of carbonyl (C=O) groups is 2. The van der Waals surface area contributed by atoms with Gasteiger partial charge in [0, 0.05) is 5.41 Å². The number of carbonyl (C=O) groups excluding carboxylic acids is 2. The molecule has 0 radical (unpaired) electrons. The Hall–Kier alpha value is -1.36. The number of esters is 2. The molecule has 4 atom stereocenters. The Balaban J connectivity index is 2.20. The fourth-order valence-corrected chi connectivity index (χ4v) is 3.91. The smallest absolute Gasteiger partial charge is 0.426 e. The Bertz CT molecular complexity index is 670. The molecule has 138 valence electrons. The molecule has 1 aliphatic heterocycles. The lowest BCUT2D eigenvalue weighted by Gasteiger charge is -2.27. The molecule has 0 aromatic carbocycles. The van der Waals surface area contributed by atoms with Crippen LogP contribution in [0.15, 0.2) is 0 Å². The maximum Gasteiger partial charge on any atom is 0.426 e. The van der Waals surface area contributed by atoms with Crippen LogP contribution in [0.2, 0.25) is 0 Å². The van der Waals surface area contributed by atoms with Crippen LogP contribution >= 0.6 is 0 Å². The number of hydrogen-bond acceptors (Lipinski definition) is 6. The Morgan fingerprint density at radius 1 is 1.42 bits per heavy atom. The number of rotatable bonds is 4. The van der Waals surface area contributed by atoms with E-state index in [0.717, 1.165) is 0 Å². The summed E-state index contributed by atoms with van der Waals surface area (Å²) in [5.74, 6) is -4.77. The molecule has 1 saturated carbocycles. The summed E-state index contributed by atoms with van der Waals surface area (Å²) < 4.78 is 77.9. The number of alkyl halides is 3. The predicted octanol–water partition coefficient (Wildman–Crippen LogP) is 1.33. The van der Waals surface area contributed by atoms with Gasteiger partial charge in [0.25, 0.3) is 10.1 Å². The summed E-state index contributed by atoms with van der Waals surface area (Å²) in [6.45, 7) is 4.88. The van der Waals surface area contributed by atoms with E-state index in [1.54, 1.807) is 20.8 Å². The second kappa shape index (κ2) is 5.32. The summed E-state index contributed by atoms with van der Waals surface area (Å²) in [7, 11) is -5.01. The Morgan fingerprint density at radius 3 is 2.29 bits per heavy atom. The van der Waals surface area contributed by atoms with Gasteiger partial charge in [-0.25, -0.2) is 0 Å². The molecule has 1 saturated heterocycles. The second-order valence-electron chi connectivity index (χ2n) is 6.91. The lowest BCUT2D eigenvalue weighted by molar-refractivity contribution is -0.220. The van der Waals surface area contributed by atoms with E-state index in [4.69, 9.17) is 9.29 Å². The molecule has 0 spiro atoms. The van der Waals surface area contributed by atoms with Crippen LogP contribution in [0.4, 0.5) is 13.2 Å². The third-order valence-electron chi connectivity index (χ3n) is 5.10. The van der Waals surface area contributed by atoms with Gasteiger partial charge in [-0.15, -0.1) is 0 Å². The van der Waals surface area contributed by atoms with E-state index in [-0.39, 0.29) is 6.42 Å². The Morgan fingerprint density at radius 2 is 1.96 bits per heavy atom. The van der Waals surface area contributed by atoms with Gasteiger partial charge >= 0.3 is 18.1 Å². The summed E-state index contributed by atoms with van der Waals surface area (Å²) in [4.78, 5) is 24.0. The molecule has 1 N–H and O–H groups in total. The van der Waals surface area contributed by atoms with Crippen molar-refractivity contribution in [3.63, 3.8) is 0 Å². The lowest BCUT2D eigenvalue weighted by Crippen LogP contribution is -2.43. The molecule has 1 aliphatic carbocycles. The highest BCUT2D eigenvalue weighted by Crippen LogP contribution is 2.62. The highest BCUT2D eigenvalue weighted by Gasteiger charge is 2.70. The van der Waals surface area contributed by atoms with E-state index in [1.165, 1.54) is 0 Å². The summed E-state index contributed by atoms with van der Waals surface area (Å²) in [5, 5.41) is 0. The van der Waals surface area contributed by atoms with Gasteiger partial charge in [-0.2, -0.15) is 21.6 Å². The fraction of sp³-hybridized carbons (Fsp3) is 0.846. The van der Waals surface area contributed by atoms with Gasteiger partial charge in [-0.05, 0) is 13.3 Å². The highest BCUT2D eigenvalue weighted by molar-refractivity contribution is 7.85. The standard InChI is InChI=1S/C13H17F3O7S/c1-11(2)8-6(4-12(11,3)10(18)23-8)9(17)22-7(13(14,15)16)5-24(19,20)21/h6-8H,4-5H2,1-3H3,(H,19,20,21). The van der Waals surface area contributed by atoms with Crippen molar-refractivity contribution in [3.05, 3.63) is 0 Å². The van der Waals surface area contributed by atoms with Crippen molar-refractivity contribution in [2.45, 2.75) is 45.6 Å². The van der Waals surface area contributed by atoms with E-state index in [1.807, 2.05) is 0 Å². The Kier molecular flexibility index (Phi) is 4.20. The van der Waals surface area contributed by atoms with Crippen molar-refractivity contribution >= 4 is 22.1 Å². The number of hydrogen-bond donors (Lipinski definition) is 1. The molecule has 11 heteroatoms. The number of halogens is 3. The fourth-order valence-electron chi connectivity index (χ4n) is 3.27. The zero-order valence-corrected chi connectivity index (χ0v) is 13.9. The van der Waals surface area contributed by atoms with Crippen LogP contribution in [0, 0.1) is 16.7 Å². The molecule has 2 fully saturated rings. The zero-order valence-electron chi connectivity index (χ0n) is 13.1. The van der Waals surface area contributed by atoms with Crippen molar-refractivity contribution in [1.29, 1.82) is 0 Å². The zero-order chi connectivity index (χ0) is 18.7. The summed E-state index contributed by atoms with van der Waals surface area (Å²) in [6, 6.07) is 0. The van der Waals surface area contributed by atoms with E-state index in [0.29, 0.717) is 0 Å². The van der Waals surface area contributed by atoms with Gasteiger partial charge in [-0.1, -0.05) is 13.8 Å². The van der Waals surface area contributed by atoms with Crippen LogP contribution in [0.25, 0.3) is 0 Å². The first-order chi connectivity index (χ1) is 10.6. The third kappa shape index (κ3) is 2.99. The molecule has 4 unspecified atom stereocenters. The SMILES string of the molecule is CC12CC(C(=O)OC(CS(=O)(=O)O)C(F)(F)F)C(OC1=O)C2(C)C. The minimum absolute atomic E-state index is 0.0568. The number of fused-ring (bicyclic) bond motifs is 2. The van der Waals surface area contributed by atoms with Crippen molar-refractivity contribution < 1.29 is 45.2 Å². The first-order valence-electron chi connectivity index (χ1n) is 7.03. The van der Waals surface area contributed by atoms with Crippen LogP contribution < -0.4 is 0 Å². The average molecular weight is 374 g/mol. The van der Waals surface area contributed by atoms with E-state index in [2.05, 4.69) is 4.74 Å². The average Bonchev–Trinajstić information content (AvgIpc) is 2.66. The molecular weight excluding hydrogens is 357 g/mol. The van der Waals surface area contributed by atoms with Crippen LogP contribution in [-0.2, 0) is 29.2 Å². The Labute approximate surface area is 136 Å². The molecule has 1 heterocycles. The molecule has 24 heavy (non-hydrogen) atoms. The first-order valence-corrected chi connectivity index (χ1v) is 8.64. The van der Waals surface area contributed by atoms with Gasteiger partial charge in [0.05, 0.1) is 11.3 Å². The van der Waals surface area contributed by atoms with Crippen LogP contribution in [0.3, 0.4) is 0 Å². The van der Waals surface area contributed by atoms with Crippen molar-refractivity contribution in [1.82, 2.24) is 0 Å². The van der Waals surface area contributed by atoms with E-state index >= 15 is 0 Å². The van der Waals surface area contributed by atoms with Gasteiger partial charge in [-0.3, -0.25) is 14.1 Å². The van der Waals surface area contributed by atoms with Gasteiger partial charge in [0.1, 0.15) is 11.9 Å². The molecular formula is C13H17F3O7S. The summed E-state index contributed by atoms with van der Waals surface area (Å²) in [5.41, 5.74) is -1.83. The van der Waals surface area contributed by atoms with Crippen LogP contribution in [0.5, 0.6) is 0 Å². The normalized spacial score (nSPS) is 33.2. The monoisotopic (exact) mass is 374 g/mol. The quantitative estimate of drug-likeness (QED) is 0.584. The van der Waals surface area contributed by atoms with Gasteiger partial charge < -0.3 is 9.47 Å². The van der Waals surface area contributed by atoms with Crippen molar-refractivity contribution in [2.75, 3.05) is 5.75 Å². The van der Waals surface area contributed by atoms with Crippen LogP contribution in [-0.4, -0.2) is 49.0 Å². The molecule has 2 aliphatic rings. The molecule has 0 amide bonds.